The van der Waals surface area contributed by atoms with E-state index in [-0.39, 0.29) is 5.41 Å². The molecule has 0 aromatic carbocycles. The monoisotopic (exact) mass is 117 g/mol. The van der Waals surface area contributed by atoms with E-state index in [0.29, 0.717) is 0 Å². The van der Waals surface area contributed by atoms with Crippen molar-refractivity contribution in [3.63, 3.8) is 0 Å². The van der Waals surface area contributed by atoms with Crippen LogP contribution in [0.25, 0.3) is 0 Å². The van der Waals surface area contributed by atoms with Gasteiger partial charge in [0.25, 0.3) is 0 Å². The second kappa shape index (κ2) is 2.42. The number of hydrogen-bond acceptors (Lipinski definition) is 1. The molecule has 0 aliphatic carbocycles. The number of nitrogens with zero attached hydrogens (tertiary/aromatic N) is 1. The molecule has 1 atom stereocenters. The highest BCUT2D eigenvalue weighted by molar-refractivity contribution is 7.14. The van der Waals surface area contributed by atoms with Crippen LogP contribution in [0.3, 0.4) is 0 Å². The van der Waals surface area contributed by atoms with E-state index in [0.717, 1.165) is 0 Å². The molecule has 0 aromatic rings. The third-order valence-electron chi connectivity index (χ3n) is 0.462. The minimum atomic E-state index is 0.238. The molecule has 0 amide bonds. The summed E-state index contributed by atoms with van der Waals surface area (Å²) in [6.45, 7) is 6.34. The minimum Gasteiger partial charge on any atom is -0.280 e. The zero-order valence-electron chi connectivity index (χ0n) is 5.10. The molecule has 0 N–H and O–H groups in total. The van der Waals surface area contributed by atoms with Crippen molar-refractivity contribution in [2.24, 2.45) is 10.2 Å². The number of rotatable bonds is 0. The van der Waals surface area contributed by atoms with Gasteiger partial charge >= 0.3 is 0 Å². The summed E-state index contributed by atoms with van der Waals surface area (Å²) in [4.78, 5) is 0. The van der Waals surface area contributed by atoms with Crippen molar-refractivity contribution in [2.75, 3.05) is 0 Å². The van der Waals surface area contributed by atoms with Gasteiger partial charge in [0.1, 0.15) is 0 Å². The smallest absolute Gasteiger partial charge is 0.00781 e. The summed E-state index contributed by atoms with van der Waals surface area (Å²) in [5.74, 6) is 0. The first kappa shape index (κ1) is 7.10. The van der Waals surface area contributed by atoms with Gasteiger partial charge in [-0.05, 0) is 14.8 Å². The second-order valence-electron chi connectivity index (χ2n) is 2.64. The van der Waals surface area contributed by atoms with Crippen LogP contribution in [0.5, 0.6) is 0 Å². The second-order valence-corrected chi connectivity index (χ2v) is 2.94. The average Bonchev–Trinajstić information content (AvgIpc) is 1.30. The molecule has 7 heavy (non-hydrogen) atoms. The predicted octanol–water partition coefficient (Wildman–Crippen LogP) is 1.89. The Morgan fingerprint density at radius 1 is 1.43 bits per heavy atom. The van der Waals surface area contributed by atoms with E-state index < -0.39 is 0 Å². The fraction of sp³-hybridized carbons (Fsp3) is 0.800. The van der Waals surface area contributed by atoms with Gasteiger partial charge in [-0.15, -0.1) is 0 Å². The Morgan fingerprint density at radius 2 is 1.86 bits per heavy atom. The molecule has 0 fully saturated rings. The van der Waals surface area contributed by atoms with Crippen LogP contribution in [0.15, 0.2) is 4.76 Å². The van der Waals surface area contributed by atoms with Crippen LogP contribution in [0.4, 0.5) is 0 Å². The molecular weight excluding hydrogens is 105 g/mol. The quantitative estimate of drug-likeness (QED) is 0.339. The first-order chi connectivity index (χ1) is 3.06. The Morgan fingerprint density at radius 3 is 1.86 bits per heavy atom. The molecule has 0 heterocycles. The lowest BCUT2D eigenvalue weighted by molar-refractivity contribution is 0.608. The molecule has 0 saturated heterocycles. The topological polar surface area (TPSA) is 12.4 Å². The maximum atomic E-state index is 3.80. The van der Waals surface area contributed by atoms with Gasteiger partial charge in [0.15, 0.2) is 0 Å². The van der Waals surface area contributed by atoms with E-state index in [1.165, 1.54) is 0 Å². The molecule has 0 rings (SSSR count). The van der Waals surface area contributed by atoms with E-state index in [1.807, 2.05) is 6.21 Å². The SMILES string of the molecule is CC(C)(C)/C=N/P. The van der Waals surface area contributed by atoms with E-state index in [4.69, 9.17) is 0 Å². The molecular formula is C5H12NP. The Kier molecular flexibility index (Phi) is 2.45. The fourth-order valence-electron chi connectivity index (χ4n) is 0.224. The lowest BCUT2D eigenvalue weighted by Gasteiger charge is -2.07. The van der Waals surface area contributed by atoms with Gasteiger partial charge in [0, 0.05) is 6.21 Å². The fourth-order valence-corrected chi connectivity index (χ4v) is 0.671. The highest BCUT2D eigenvalue weighted by Gasteiger charge is 2.02. The summed E-state index contributed by atoms with van der Waals surface area (Å²) < 4.78 is 3.80. The van der Waals surface area contributed by atoms with Crippen molar-refractivity contribution in [3.05, 3.63) is 0 Å². The van der Waals surface area contributed by atoms with Gasteiger partial charge in [-0.3, -0.25) is 4.76 Å². The predicted molar refractivity (Wildman–Crippen MR) is 37.7 cm³/mol. The van der Waals surface area contributed by atoms with E-state index >= 15 is 0 Å². The zero-order valence-corrected chi connectivity index (χ0v) is 6.26. The summed E-state index contributed by atoms with van der Waals surface area (Å²) in [6, 6.07) is 0. The van der Waals surface area contributed by atoms with Crippen molar-refractivity contribution >= 4 is 15.6 Å². The van der Waals surface area contributed by atoms with Crippen molar-refractivity contribution in [3.8, 4) is 0 Å². The average molecular weight is 117 g/mol. The van der Waals surface area contributed by atoms with Crippen LogP contribution in [0.1, 0.15) is 20.8 Å². The first-order valence-electron chi connectivity index (χ1n) is 2.31. The standard InChI is InChI=1S/C5H12NP/c1-5(2,3)4-6-7/h4H,7H2,1-3H3/b6-4+. The molecule has 42 valence electrons. The van der Waals surface area contributed by atoms with Crippen LogP contribution in [0.2, 0.25) is 0 Å². The first-order valence-corrected chi connectivity index (χ1v) is 2.82. The van der Waals surface area contributed by atoms with Crippen molar-refractivity contribution in [2.45, 2.75) is 20.8 Å². The molecule has 0 aliphatic rings. The van der Waals surface area contributed by atoms with Crippen molar-refractivity contribution in [1.82, 2.24) is 0 Å². The summed E-state index contributed by atoms with van der Waals surface area (Å²) >= 11 is 0. The lowest BCUT2D eigenvalue weighted by Crippen LogP contribution is -2.04. The summed E-state index contributed by atoms with van der Waals surface area (Å²) in [7, 11) is 2.31. The van der Waals surface area contributed by atoms with E-state index in [2.05, 4.69) is 34.9 Å². The number of hydrogen-bond donors (Lipinski definition) is 0. The van der Waals surface area contributed by atoms with Gasteiger partial charge in [0.05, 0.1) is 0 Å². The minimum absolute atomic E-state index is 0.238. The Bertz CT molecular complexity index is 70.6. The van der Waals surface area contributed by atoms with Gasteiger partial charge < -0.3 is 0 Å². The van der Waals surface area contributed by atoms with Crippen LogP contribution < -0.4 is 0 Å². The maximum absolute atomic E-state index is 3.80. The Hall–Kier alpha value is 0.100. The largest absolute Gasteiger partial charge is 0.280 e. The van der Waals surface area contributed by atoms with Crippen LogP contribution >= 0.6 is 9.39 Å². The third kappa shape index (κ3) is 6.10. The molecule has 1 nitrogen and oxygen atoms in total. The zero-order chi connectivity index (χ0) is 5.91. The lowest BCUT2D eigenvalue weighted by atomic mass is 10.00. The van der Waals surface area contributed by atoms with Crippen LogP contribution in [0, 0.1) is 5.41 Å². The molecule has 0 aromatic heterocycles. The van der Waals surface area contributed by atoms with Gasteiger partial charge in [-0.25, -0.2) is 0 Å². The van der Waals surface area contributed by atoms with Gasteiger partial charge in [-0.2, -0.15) is 0 Å². The maximum Gasteiger partial charge on any atom is 0.00781 e. The highest BCUT2D eigenvalue weighted by Crippen LogP contribution is 2.08. The van der Waals surface area contributed by atoms with Crippen molar-refractivity contribution < 1.29 is 0 Å². The molecule has 0 radical (unpaired) electrons. The Labute approximate surface area is 47.5 Å². The molecule has 0 aliphatic heterocycles. The van der Waals surface area contributed by atoms with E-state index in [1.54, 1.807) is 0 Å². The third-order valence-corrected chi connectivity index (χ3v) is 0.611. The van der Waals surface area contributed by atoms with Gasteiger partial charge in [0.2, 0.25) is 0 Å². The van der Waals surface area contributed by atoms with Crippen LogP contribution in [-0.2, 0) is 0 Å². The summed E-state index contributed by atoms with van der Waals surface area (Å²) in [5, 5.41) is 0. The molecule has 0 spiro atoms. The molecule has 0 bridgehead atoms. The Balaban J connectivity index is 3.56. The molecule has 2 heteroatoms. The summed E-state index contributed by atoms with van der Waals surface area (Å²) in [5.41, 5.74) is 0.238. The molecule has 1 unspecified atom stereocenters. The highest BCUT2D eigenvalue weighted by atomic mass is 31.0. The van der Waals surface area contributed by atoms with Gasteiger partial charge in [-0.1, -0.05) is 20.8 Å². The van der Waals surface area contributed by atoms with E-state index in [9.17, 15) is 0 Å². The summed E-state index contributed by atoms with van der Waals surface area (Å²) in [6.07, 6.45) is 1.90. The molecule has 0 saturated carbocycles. The van der Waals surface area contributed by atoms with Crippen LogP contribution in [-0.4, -0.2) is 6.21 Å². The normalized spacial score (nSPS) is 13.1. The van der Waals surface area contributed by atoms with Crippen molar-refractivity contribution in [1.29, 1.82) is 0 Å².